The summed E-state index contributed by atoms with van der Waals surface area (Å²) in [6.45, 7) is 2.57. The molecule has 1 aliphatic rings. The van der Waals surface area contributed by atoms with E-state index in [0.29, 0.717) is 18.0 Å². The van der Waals surface area contributed by atoms with Gasteiger partial charge in [-0.25, -0.2) is 13.6 Å². The van der Waals surface area contributed by atoms with E-state index in [1.807, 2.05) is 18.2 Å². The van der Waals surface area contributed by atoms with E-state index in [1.165, 1.54) is 29.8 Å². The van der Waals surface area contributed by atoms with Gasteiger partial charge in [0, 0.05) is 28.7 Å². The summed E-state index contributed by atoms with van der Waals surface area (Å²) in [4.78, 5) is 16.1. The predicted octanol–water partition coefficient (Wildman–Crippen LogP) is 2.87. The first kappa shape index (κ1) is 18.7. The molecule has 0 saturated heterocycles. The lowest BCUT2D eigenvalue weighted by Crippen LogP contribution is -2.22. The Morgan fingerprint density at radius 3 is 2.68 bits per heavy atom. The van der Waals surface area contributed by atoms with Crippen LogP contribution in [0.1, 0.15) is 40.5 Å². The number of aromatic amines is 1. The number of fused-ring (bicyclic) bond motifs is 3. The molecule has 7 heteroatoms. The molecule has 4 N–H and O–H groups in total. The molecular formula is C21H23N3O3S. The average Bonchev–Trinajstić information content (AvgIpc) is 3.03. The highest BCUT2D eigenvalue weighted by atomic mass is 32.2. The number of amides is 1. The Hall–Kier alpha value is -2.64. The molecule has 1 atom stereocenters. The van der Waals surface area contributed by atoms with Gasteiger partial charge in [-0.2, -0.15) is 0 Å². The lowest BCUT2D eigenvalue weighted by molar-refractivity contribution is 0.0951. The van der Waals surface area contributed by atoms with Gasteiger partial charge < -0.3 is 10.3 Å². The number of primary sulfonamides is 1. The molecule has 0 saturated carbocycles. The number of nitrogens with one attached hydrogen (secondary N) is 2. The number of aryl methyl sites for hydroxylation is 1. The molecule has 1 heterocycles. The number of aromatic nitrogens is 1. The van der Waals surface area contributed by atoms with E-state index in [4.69, 9.17) is 5.14 Å². The van der Waals surface area contributed by atoms with E-state index in [0.717, 1.165) is 29.3 Å². The van der Waals surface area contributed by atoms with Gasteiger partial charge in [0.15, 0.2) is 0 Å². The fraction of sp³-hybridized carbons (Fsp3) is 0.286. The minimum atomic E-state index is -3.71. The Balaban J connectivity index is 1.50. The average molecular weight is 398 g/mol. The van der Waals surface area contributed by atoms with Crippen LogP contribution < -0.4 is 10.5 Å². The number of carbonyl (C=O) groups is 1. The van der Waals surface area contributed by atoms with Crippen LogP contribution in [0.4, 0.5) is 0 Å². The van der Waals surface area contributed by atoms with Crippen LogP contribution in [0.15, 0.2) is 47.4 Å². The van der Waals surface area contributed by atoms with Crippen molar-refractivity contribution >= 4 is 26.8 Å². The van der Waals surface area contributed by atoms with Crippen molar-refractivity contribution in [2.45, 2.75) is 37.6 Å². The van der Waals surface area contributed by atoms with Gasteiger partial charge in [-0.05, 0) is 66.6 Å². The van der Waals surface area contributed by atoms with E-state index in [9.17, 15) is 13.2 Å². The van der Waals surface area contributed by atoms with Gasteiger partial charge >= 0.3 is 0 Å². The molecule has 4 rings (SSSR count). The third-order valence-electron chi connectivity index (χ3n) is 5.40. The molecule has 1 aliphatic carbocycles. The van der Waals surface area contributed by atoms with E-state index >= 15 is 0 Å². The number of rotatable bonds is 4. The summed E-state index contributed by atoms with van der Waals surface area (Å²) in [7, 11) is -3.71. The normalized spacial score (nSPS) is 16.7. The molecule has 0 aliphatic heterocycles. The van der Waals surface area contributed by atoms with E-state index in [2.05, 4.69) is 17.2 Å². The van der Waals surface area contributed by atoms with Crippen molar-refractivity contribution in [2.24, 2.45) is 11.1 Å². The van der Waals surface area contributed by atoms with Crippen molar-refractivity contribution in [3.8, 4) is 0 Å². The van der Waals surface area contributed by atoms with Crippen LogP contribution in [0.25, 0.3) is 10.9 Å². The number of carbonyl (C=O) groups excluding carboxylic acids is 1. The minimum Gasteiger partial charge on any atom is -0.358 e. The van der Waals surface area contributed by atoms with Gasteiger partial charge in [0.2, 0.25) is 10.0 Å². The van der Waals surface area contributed by atoms with Crippen LogP contribution in [-0.2, 0) is 29.4 Å². The number of hydrogen-bond donors (Lipinski definition) is 3. The standard InChI is InChI=1S/C21H23N3O3S/c1-13-2-8-19-17(10-13)18-11-15(5-9-20(18)24-19)21(25)23-12-14-3-6-16(7-4-14)28(22,26)27/h3-7,9,11,13,24H,2,8,10,12H2,1H3,(H,23,25)(H2,22,26,27). The maximum absolute atomic E-state index is 12.6. The summed E-state index contributed by atoms with van der Waals surface area (Å²) in [5, 5.41) is 9.12. The predicted molar refractivity (Wildman–Crippen MR) is 108 cm³/mol. The van der Waals surface area contributed by atoms with Gasteiger partial charge in [0.1, 0.15) is 0 Å². The van der Waals surface area contributed by atoms with Gasteiger partial charge in [0.25, 0.3) is 5.91 Å². The largest absolute Gasteiger partial charge is 0.358 e. The van der Waals surface area contributed by atoms with Crippen molar-refractivity contribution in [1.29, 1.82) is 0 Å². The lowest BCUT2D eigenvalue weighted by atomic mass is 9.87. The Morgan fingerprint density at radius 2 is 1.96 bits per heavy atom. The molecule has 146 valence electrons. The second-order valence-electron chi connectivity index (χ2n) is 7.56. The van der Waals surface area contributed by atoms with E-state index in [1.54, 1.807) is 12.1 Å². The van der Waals surface area contributed by atoms with E-state index < -0.39 is 10.0 Å². The summed E-state index contributed by atoms with van der Waals surface area (Å²) in [5.41, 5.74) is 5.13. The molecular weight excluding hydrogens is 374 g/mol. The fourth-order valence-corrected chi connectivity index (χ4v) is 4.33. The summed E-state index contributed by atoms with van der Waals surface area (Å²) in [5.74, 6) is 0.500. The van der Waals surface area contributed by atoms with Crippen LogP contribution >= 0.6 is 0 Å². The molecule has 1 unspecified atom stereocenters. The third kappa shape index (κ3) is 3.68. The monoisotopic (exact) mass is 397 g/mol. The summed E-state index contributed by atoms with van der Waals surface area (Å²) < 4.78 is 22.6. The molecule has 0 fully saturated rings. The smallest absolute Gasteiger partial charge is 0.251 e. The van der Waals surface area contributed by atoms with Gasteiger partial charge in [-0.1, -0.05) is 19.1 Å². The van der Waals surface area contributed by atoms with Crippen molar-refractivity contribution in [1.82, 2.24) is 10.3 Å². The fourth-order valence-electron chi connectivity index (χ4n) is 3.81. The first-order valence-corrected chi connectivity index (χ1v) is 10.9. The van der Waals surface area contributed by atoms with Crippen molar-refractivity contribution in [3.63, 3.8) is 0 Å². The summed E-state index contributed by atoms with van der Waals surface area (Å²) in [6, 6.07) is 11.9. The zero-order valence-corrected chi connectivity index (χ0v) is 16.5. The third-order valence-corrected chi connectivity index (χ3v) is 6.33. The Bertz CT molecular complexity index is 1150. The van der Waals surface area contributed by atoms with Gasteiger partial charge in [-0.15, -0.1) is 0 Å². The molecule has 2 aromatic carbocycles. The molecule has 1 amide bonds. The number of benzene rings is 2. The van der Waals surface area contributed by atoms with Crippen LogP contribution in [0.5, 0.6) is 0 Å². The molecule has 0 bridgehead atoms. The van der Waals surface area contributed by atoms with Crippen molar-refractivity contribution in [2.75, 3.05) is 0 Å². The Labute approximate surface area is 164 Å². The molecule has 1 aromatic heterocycles. The van der Waals surface area contributed by atoms with Crippen LogP contribution in [0, 0.1) is 5.92 Å². The van der Waals surface area contributed by atoms with Crippen LogP contribution in [-0.4, -0.2) is 19.3 Å². The summed E-state index contributed by atoms with van der Waals surface area (Å²) >= 11 is 0. The zero-order chi connectivity index (χ0) is 19.9. The van der Waals surface area contributed by atoms with Crippen molar-refractivity contribution in [3.05, 3.63) is 64.8 Å². The van der Waals surface area contributed by atoms with Gasteiger partial charge in [-0.3, -0.25) is 4.79 Å². The zero-order valence-electron chi connectivity index (χ0n) is 15.7. The Morgan fingerprint density at radius 1 is 1.21 bits per heavy atom. The quantitative estimate of drug-likeness (QED) is 0.630. The number of hydrogen-bond acceptors (Lipinski definition) is 3. The van der Waals surface area contributed by atoms with E-state index in [-0.39, 0.29) is 10.8 Å². The molecule has 0 radical (unpaired) electrons. The first-order chi connectivity index (χ1) is 13.3. The second kappa shape index (κ2) is 7.07. The molecule has 6 nitrogen and oxygen atoms in total. The molecule has 3 aromatic rings. The maximum Gasteiger partial charge on any atom is 0.251 e. The van der Waals surface area contributed by atoms with Crippen LogP contribution in [0.3, 0.4) is 0 Å². The highest BCUT2D eigenvalue weighted by Crippen LogP contribution is 2.32. The second-order valence-corrected chi connectivity index (χ2v) is 9.12. The summed E-state index contributed by atoms with van der Waals surface area (Å²) in [6.07, 6.45) is 3.29. The number of sulfonamides is 1. The number of H-pyrrole nitrogens is 1. The first-order valence-electron chi connectivity index (χ1n) is 9.34. The SMILES string of the molecule is CC1CCc2[nH]c3ccc(C(=O)NCc4ccc(S(N)(=O)=O)cc4)cc3c2C1. The van der Waals surface area contributed by atoms with Crippen LogP contribution in [0.2, 0.25) is 0 Å². The Kier molecular flexibility index (Phi) is 4.72. The minimum absolute atomic E-state index is 0.0551. The molecule has 28 heavy (non-hydrogen) atoms. The highest BCUT2D eigenvalue weighted by molar-refractivity contribution is 7.89. The lowest BCUT2D eigenvalue weighted by Gasteiger charge is -2.18. The molecule has 0 spiro atoms. The van der Waals surface area contributed by atoms with Crippen molar-refractivity contribution < 1.29 is 13.2 Å². The maximum atomic E-state index is 12.6. The topological polar surface area (TPSA) is 105 Å². The highest BCUT2D eigenvalue weighted by Gasteiger charge is 2.20. The van der Waals surface area contributed by atoms with Gasteiger partial charge in [0.05, 0.1) is 4.90 Å². The number of nitrogens with two attached hydrogens (primary N) is 1.